The number of halogens is 7. The van der Waals surface area contributed by atoms with Crippen molar-refractivity contribution in [1.82, 2.24) is 5.32 Å². The summed E-state index contributed by atoms with van der Waals surface area (Å²) in [6.07, 6.45) is -5.40. The Kier molecular flexibility index (Phi) is 7.79. The molecule has 6 nitrogen and oxygen atoms in total. The summed E-state index contributed by atoms with van der Waals surface area (Å²) in [5, 5.41) is 3.58. The molecule has 0 unspecified atom stereocenters. The van der Waals surface area contributed by atoms with Crippen molar-refractivity contribution in [2.24, 2.45) is 0 Å². The van der Waals surface area contributed by atoms with E-state index < -0.39 is 41.6 Å². The average molecular weight is 501 g/mol. The van der Waals surface area contributed by atoms with Gasteiger partial charge in [0.25, 0.3) is 5.91 Å². The second-order valence-corrected chi connectivity index (χ2v) is 7.01. The van der Waals surface area contributed by atoms with Crippen molar-refractivity contribution < 1.29 is 41.0 Å². The lowest BCUT2D eigenvalue weighted by Gasteiger charge is -2.35. The van der Waals surface area contributed by atoms with Gasteiger partial charge in [0.2, 0.25) is 0 Å². The minimum absolute atomic E-state index is 0.0750. The summed E-state index contributed by atoms with van der Waals surface area (Å²) in [4.78, 5) is 25.0. The number of ether oxygens (including phenoxy) is 2. The van der Waals surface area contributed by atoms with Gasteiger partial charge in [-0.2, -0.15) is 13.2 Å². The number of nitrogens with one attached hydrogen (secondary N) is 2. The second-order valence-electron chi connectivity index (χ2n) is 6.13. The average Bonchev–Trinajstić information content (AvgIpc) is 2.67. The van der Waals surface area contributed by atoms with Crippen LogP contribution in [0.15, 0.2) is 48.5 Å². The SMILES string of the molecule is CCOC(=O)[C@@](NC(=O)c1cccc(Cl)c1)(Nc1ccc(OC(F)(F)Cl)cc1)C(F)(F)F. The highest BCUT2D eigenvalue weighted by atomic mass is 35.5. The molecule has 1 amide bonds. The number of anilines is 1. The highest BCUT2D eigenvalue weighted by Gasteiger charge is 2.63. The monoisotopic (exact) mass is 500 g/mol. The molecule has 0 saturated carbocycles. The topological polar surface area (TPSA) is 76.7 Å². The van der Waals surface area contributed by atoms with Crippen molar-refractivity contribution in [1.29, 1.82) is 0 Å². The van der Waals surface area contributed by atoms with E-state index in [1.54, 1.807) is 5.32 Å². The highest BCUT2D eigenvalue weighted by Crippen LogP contribution is 2.34. The molecule has 13 heteroatoms. The molecule has 2 aromatic rings. The van der Waals surface area contributed by atoms with Crippen LogP contribution in [0.1, 0.15) is 17.3 Å². The third kappa shape index (κ3) is 6.36. The Balaban J connectivity index is 2.45. The van der Waals surface area contributed by atoms with Crippen molar-refractivity contribution in [3.05, 3.63) is 59.1 Å². The number of rotatable bonds is 8. The van der Waals surface area contributed by atoms with Gasteiger partial charge in [-0.25, -0.2) is 4.79 Å². The number of hydrogen-bond donors (Lipinski definition) is 2. The third-order valence-corrected chi connectivity index (χ3v) is 4.13. The summed E-state index contributed by atoms with van der Waals surface area (Å²) in [7, 11) is 0. The zero-order valence-corrected chi connectivity index (χ0v) is 17.6. The maximum atomic E-state index is 14.1. The van der Waals surface area contributed by atoms with Gasteiger partial charge in [-0.3, -0.25) is 4.79 Å². The molecule has 0 aliphatic rings. The van der Waals surface area contributed by atoms with Gasteiger partial charge in [-0.1, -0.05) is 17.7 Å². The summed E-state index contributed by atoms with van der Waals surface area (Å²) in [5.41, 5.74) is -8.40. The molecule has 174 valence electrons. The standard InChI is InChI=1S/C19H15Cl2F5N2O4/c1-2-31-16(30)17(18(22,23)24,28-15(29)11-4-3-5-12(20)10-11)27-13-6-8-14(9-7-13)32-19(21,25)26/h3-10,27H,2H2,1H3,(H,28,29)/t17-/m0/s1. The number of benzene rings is 2. The smallest absolute Gasteiger partial charge is 0.463 e. The van der Waals surface area contributed by atoms with Crippen LogP contribution >= 0.6 is 23.2 Å². The van der Waals surface area contributed by atoms with Crippen molar-refractivity contribution in [3.63, 3.8) is 0 Å². The summed E-state index contributed by atoms with van der Waals surface area (Å²) in [6.45, 7) is 0.846. The number of carbonyl (C=O) groups excluding carboxylic acids is 2. The first-order valence-electron chi connectivity index (χ1n) is 8.73. The lowest BCUT2D eigenvalue weighted by Crippen LogP contribution is -2.69. The van der Waals surface area contributed by atoms with Crippen LogP contribution in [0.4, 0.5) is 27.6 Å². The molecule has 2 rings (SSSR count). The Labute approximate surface area is 188 Å². The van der Waals surface area contributed by atoms with Crippen LogP contribution in [0.25, 0.3) is 0 Å². The van der Waals surface area contributed by atoms with E-state index in [0.29, 0.717) is 0 Å². The lowest BCUT2D eigenvalue weighted by molar-refractivity contribution is -0.204. The Bertz CT molecular complexity index is 967. The quantitative estimate of drug-likeness (QED) is 0.226. The van der Waals surface area contributed by atoms with Gasteiger partial charge in [0, 0.05) is 27.9 Å². The molecule has 0 fully saturated rings. The van der Waals surface area contributed by atoms with E-state index in [1.165, 1.54) is 25.1 Å². The molecule has 0 bridgehead atoms. The van der Waals surface area contributed by atoms with E-state index in [-0.39, 0.29) is 16.3 Å². The minimum Gasteiger partial charge on any atom is -0.463 e. The zero-order chi connectivity index (χ0) is 24.2. The van der Waals surface area contributed by atoms with Crippen LogP contribution in [0.3, 0.4) is 0 Å². The van der Waals surface area contributed by atoms with E-state index in [0.717, 1.165) is 30.3 Å². The number of alkyl halides is 6. The van der Waals surface area contributed by atoms with Crippen LogP contribution in [-0.4, -0.2) is 35.9 Å². The fourth-order valence-corrected chi connectivity index (χ4v) is 2.74. The normalized spacial score (nSPS) is 13.6. The summed E-state index contributed by atoms with van der Waals surface area (Å²) >= 11 is 10.4. The van der Waals surface area contributed by atoms with Crippen LogP contribution in [0.2, 0.25) is 5.02 Å². The van der Waals surface area contributed by atoms with Gasteiger partial charge >= 0.3 is 23.4 Å². The van der Waals surface area contributed by atoms with Crippen LogP contribution < -0.4 is 15.4 Å². The van der Waals surface area contributed by atoms with Gasteiger partial charge in [-0.15, -0.1) is 8.78 Å². The van der Waals surface area contributed by atoms with E-state index >= 15 is 0 Å². The molecule has 0 spiro atoms. The zero-order valence-electron chi connectivity index (χ0n) is 16.1. The Hall–Kier alpha value is -2.79. The van der Waals surface area contributed by atoms with Crippen molar-refractivity contribution in [2.75, 3.05) is 11.9 Å². The predicted octanol–water partition coefficient (Wildman–Crippen LogP) is 5.17. The molecule has 0 heterocycles. The number of amides is 1. The predicted molar refractivity (Wildman–Crippen MR) is 106 cm³/mol. The molecular formula is C19H15Cl2F5N2O4. The maximum absolute atomic E-state index is 14.1. The molecule has 0 aliphatic carbocycles. The first-order valence-corrected chi connectivity index (χ1v) is 9.49. The molecule has 0 aliphatic heterocycles. The van der Waals surface area contributed by atoms with Crippen LogP contribution in [-0.2, 0) is 9.53 Å². The second kappa shape index (κ2) is 9.78. The highest BCUT2D eigenvalue weighted by molar-refractivity contribution is 6.31. The number of hydrogen-bond acceptors (Lipinski definition) is 5. The molecule has 1 atom stereocenters. The van der Waals surface area contributed by atoms with E-state index in [2.05, 4.69) is 21.1 Å². The Morgan fingerprint density at radius 3 is 2.16 bits per heavy atom. The minimum atomic E-state index is -5.40. The summed E-state index contributed by atoms with van der Waals surface area (Å²) in [5.74, 6) is -3.60. The molecule has 2 aromatic carbocycles. The lowest BCUT2D eigenvalue weighted by atomic mass is 10.1. The van der Waals surface area contributed by atoms with Crippen LogP contribution in [0, 0.1) is 0 Å². The largest absolute Gasteiger partial charge is 0.487 e. The molecule has 0 aromatic heterocycles. The van der Waals surface area contributed by atoms with Gasteiger partial charge < -0.3 is 20.1 Å². The Morgan fingerprint density at radius 2 is 1.66 bits per heavy atom. The fraction of sp³-hybridized carbons (Fsp3) is 0.263. The fourth-order valence-electron chi connectivity index (χ4n) is 2.46. The van der Waals surface area contributed by atoms with Gasteiger partial charge in [-0.05, 0) is 49.4 Å². The number of esters is 1. The molecular weight excluding hydrogens is 486 g/mol. The van der Waals surface area contributed by atoms with Crippen molar-refractivity contribution >= 4 is 40.8 Å². The van der Waals surface area contributed by atoms with Crippen molar-refractivity contribution in [3.8, 4) is 5.75 Å². The van der Waals surface area contributed by atoms with Crippen LogP contribution in [0.5, 0.6) is 5.75 Å². The van der Waals surface area contributed by atoms with Gasteiger partial charge in [0.15, 0.2) is 0 Å². The van der Waals surface area contributed by atoms with E-state index in [9.17, 15) is 31.5 Å². The molecule has 0 radical (unpaired) electrons. The van der Waals surface area contributed by atoms with Gasteiger partial charge in [0.1, 0.15) is 5.75 Å². The first-order chi connectivity index (χ1) is 14.8. The molecule has 32 heavy (non-hydrogen) atoms. The number of carbonyl (C=O) groups is 2. The van der Waals surface area contributed by atoms with Crippen molar-refractivity contribution in [2.45, 2.75) is 24.3 Å². The summed E-state index contributed by atoms with van der Waals surface area (Å²) < 4.78 is 76.5. The Morgan fingerprint density at radius 1 is 1.03 bits per heavy atom. The third-order valence-electron chi connectivity index (χ3n) is 3.81. The maximum Gasteiger partial charge on any atom is 0.487 e. The first kappa shape index (κ1) is 25.5. The van der Waals surface area contributed by atoms with E-state index in [1.807, 2.05) is 5.32 Å². The van der Waals surface area contributed by atoms with E-state index in [4.69, 9.17) is 11.6 Å². The molecule has 0 saturated heterocycles. The summed E-state index contributed by atoms with van der Waals surface area (Å²) in [6, 6.07) is 8.58. The molecule has 2 N–H and O–H groups in total. The van der Waals surface area contributed by atoms with Gasteiger partial charge in [0.05, 0.1) is 6.61 Å².